The van der Waals surface area contributed by atoms with Crippen LogP contribution in [0.25, 0.3) is 0 Å². The van der Waals surface area contributed by atoms with E-state index < -0.39 is 5.82 Å². The number of hydrogen-bond acceptors (Lipinski definition) is 2. The number of hydrogen-bond donors (Lipinski definition) is 0. The van der Waals surface area contributed by atoms with Crippen LogP contribution >= 0.6 is 23.2 Å². The molecule has 0 atom stereocenters. The number of rotatable bonds is 3. The van der Waals surface area contributed by atoms with E-state index in [0.717, 1.165) is 26.1 Å². The first kappa shape index (κ1) is 15.5. The number of carbonyl (C=O) groups excluding carboxylic acids is 1. The summed E-state index contributed by atoms with van der Waals surface area (Å²) in [6.07, 6.45) is 0.856. The molecule has 0 radical (unpaired) electrons. The van der Waals surface area contributed by atoms with E-state index in [1.165, 1.54) is 18.2 Å². The van der Waals surface area contributed by atoms with Crippen LogP contribution in [-0.2, 0) is 0 Å². The van der Waals surface area contributed by atoms with Gasteiger partial charge in [-0.2, -0.15) is 0 Å². The number of carbonyl (C=O) groups is 1. The van der Waals surface area contributed by atoms with Crippen LogP contribution in [0.5, 0.6) is 0 Å². The molecule has 0 bridgehead atoms. The maximum Gasteiger partial charge on any atom is 0.258 e. The number of halogens is 3. The SMILES string of the molecule is O=C(c1c(F)cccc1Cl)N1CCCN(CCCl)CC1. The fraction of sp³-hybridized carbons (Fsp3) is 0.500. The summed E-state index contributed by atoms with van der Waals surface area (Å²) in [5.41, 5.74) is -0.0278. The number of amides is 1. The second-order valence-corrected chi connectivity index (χ2v) is 5.56. The van der Waals surface area contributed by atoms with Gasteiger partial charge < -0.3 is 9.80 Å². The number of benzene rings is 1. The summed E-state index contributed by atoms with van der Waals surface area (Å²) in [5, 5.41) is 0.164. The lowest BCUT2D eigenvalue weighted by Gasteiger charge is -2.22. The molecule has 1 aromatic rings. The lowest BCUT2D eigenvalue weighted by molar-refractivity contribution is 0.0757. The van der Waals surface area contributed by atoms with Gasteiger partial charge in [0.25, 0.3) is 5.91 Å². The van der Waals surface area contributed by atoms with Crippen molar-refractivity contribution >= 4 is 29.1 Å². The Morgan fingerprint density at radius 3 is 2.75 bits per heavy atom. The van der Waals surface area contributed by atoms with Crippen LogP contribution in [-0.4, -0.2) is 54.3 Å². The summed E-state index contributed by atoms with van der Waals surface area (Å²) in [4.78, 5) is 16.3. The summed E-state index contributed by atoms with van der Waals surface area (Å²) in [6, 6.07) is 4.30. The van der Waals surface area contributed by atoms with E-state index in [9.17, 15) is 9.18 Å². The van der Waals surface area contributed by atoms with Gasteiger partial charge in [0, 0.05) is 32.1 Å². The average molecular weight is 319 g/mol. The Bertz CT molecular complexity index is 464. The predicted octanol–water partition coefficient (Wildman–Crippen LogP) is 2.87. The van der Waals surface area contributed by atoms with Crippen molar-refractivity contribution in [2.24, 2.45) is 0 Å². The van der Waals surface area contributed by atoms with Crippen molar-refractivity contribution in [1.29, 1.82) is 0 Å². The first-order valence-corrected chi connectivity index (χ1v) is 7.56. The third-order valence-corrected chi connectivity index (χ3v) is 3.94. The number of nitrogens with zero attached hydrogens (tertiary/aromatic N) is 2. The largest absolute Gasteiger partial charge is 0.337 e. The van der Waals surface area contributed by atoms with Gasteiger partial charge in [-0.1, -0.05) is 17.7 Å². The molecule has 1 heterocycles. The molecule has 2 rings (SSSR count). The van der Waals surface area contributed by atoms with Gasteiger partial charge >= 0.3 is 0 Å². The van der Waals surface area contributed by atoms with Crippen molar-refractivity contribution in [2.75, 3.05) is 38.6 Å². The van der Waals surface area contributed by atoms with Crippen molar-refractivity contribution in [1.82, 2.24) is 9.80 Å². The van der Waals surface area contributed by atoms with Gasteiger partial charge in [-0.15, -0.1) is 11.6 Å². The summed E-state index contributed by atoms with van der Waals surface area (Å²) >= 11 is 11.7. The van der Waals surface area contributed by atoms with Crippen LogP contribution in [0.3, 0.4) is 0 Å². The van der Waals surface area contributed by atoms with Gasteiger partial charge in [-0.25, -0.2) is 4.39 Å². The molecule has 0 saturated carbocycles. The van der Waals surface area contributed by atoms with E-state index >= 15 is 0 Å². The predicted molar refractivity (Wildman–Crippen MR) is 79.1 cm³/mol. The van der Waals surface area contributed by atoms with E-state index in [1.54, 1.807) is 4.90 Å². The van der Waals surface area contributed by atoms with Crippen molar-refractivity contribution in [3.63, 3.8) is 0 Å². The van der Waals surface area contributed by atoms with Gasteiger partial charge in [-0.05, 0) is 25.1 Å². The lowest BCUT2D eigenvalue weighted by Crippen LogP contribution is -2.36. The third kappa shape index (κ3) is 3.62. The molecule has 1 amide bonds. The first-order chi connectivity index (χ1) is 9.63. The van der Waals surface area contributed by atoms with Gasteiger partial charge in [-0.3, -0.25) is 4.79 Å². The quantitative estimate of drug-likeness (QED) is 0.800. The van der Waals surface area contributed by atoms with Crippen molar-refractivity contribution < 1.29 is 9.18 Å². The van der Waals surface area contributed by atoms with E-state index in [-0.39, 0.29) is 16.5 Å². The van der Waals surface area contributed by atoms with Crippen LogP contribution < -0.4 is 0 Å². The summed E-state index contributed by atoms with van der Waals surface area (Å²) < 4.78 is 13.8. The van der Waals surface area contributed by atoms with Gasteiger partial charge in [0.15, 0.2) is 0 Å². The Hall–Kier alpha value is -0.840. The zero-order valence-electron chi connectivity index (χ0n) is 11.1. The van der Waals surface area contributed by atoms with E-state index in [0.29, 0.717) is 19.0 Å². The van der Waals surface area contributed by atoms with Crippen LogP contribution in [0.2, 0.25) is 5.02 Å². The highest BCUT2D eigenvalue weighted by Gasteiger charge is 2.24. The Morgan fingerprint density at radius 2 is 2.05 bits per heavy atom. The Labute approximate surface area is 128 Å². The monoisotopic (exact) mass is 318 g/mol. The normalized spacial score (nSPS) is 17.1. The molecule has 0 spiro atoms. The van der Waals surface area contributed by atoms with Crippen molar-refractivity contribution in [2.45, 2.75) is 6.42 Å². The molecule has 1 aliphatic rings. The number of alkyl halides is 1. The molecule has 6 heteroatoms. The Balaban J connectivity index is 2.10. The van der Waals surface area contributed by atoms with E-state index in [4.69, 9.17) is 23.2 Å². The standard InChI is InChI=1S/C14H17Cl2FN2O/c15-5-8-18-6-2-7-19(10-9-18)14(20)13-11(16)3-1-4-12(13)17/h1,3-4H,2,5-10H2. The lowest BCUT2D eigenvalue weighted by atomic mass is 10.1. The van der Waals surface area contributed by atoms with Crippen molar-refractivity contribution in [3.05, 3.63) is 34.6 Å². The molecule has 0 aromatic heterocycles. The molecule has 0 aliphatic carbocycles. The maximum absolute atomic E-state index is 13.8. The smallest absolute Gasteiger partial charge is 0.258 e. The van der Waals surface area contributed by atoms with Crippen molar-refractivity contribution in [3.8, 4) is 0 Å². The van der Waals surface area contributed by atoms with E-state index in [1.807, 2.05) is 0 Å². The molecular formula is C14H17Cl2FN2O. The van der Waals surface area contributed by atoms with Crippen LogP contribution in [0.4, 0.5) is 4.39 Å². The zero-order chi connectivity index (χ0) is 14.5. The van der Waals surface area contributed by atoms with Gasteiger partial charge in [0.2, 0.25) is 0 Å². The topological polar surface area (TPSA) is 23.6 Å². The fourth-order valence-corrected chi connectivity index (χ4v) is 2.86. The minimum absolute atomic E-state index is 0.0278. The highest BCUT2D eigenvalue weighted by Crippen LogP contribution is 2.21. The summed E-state index contributed by atoms with van der Waals surface area (Å²) in [7, 11) is 0. The second kappa shape index (κ2) is 7.25. The second-order valence-electron chi connectivity index (χ2n) is 4.77. The summed E-state index contributed by atoms with van der Waals surface area (Å²) in [6.45, 7) is 3.65. The van der Waals surface area contributed by atoms with Crippen LogP contribution in [0.1, 0.15) is 16.8 Å². The fourth-order valence-electron chi connectivity index (χ4n) is 2.38. The van der Waals surface area contributed by atoms with Crippen LogP contribution in [0, 0.1) is 5.82 Å². The Morgan fingerprint density at radius 1 is 1.25 bits per heavy atom. The molecule has 0 unspecified atom stereocenters. The van der Waals surface area contributed by atoms with Gasteiger partial charge in [0.05, 0.1) is 10.6 Å². The minimum atomic E-state index is -0.565. The minimum Gasteiger partial charge on any atom is -0.337 e. The molecule has 1 aliphatic heterocycles. The first-order valence-electron chi connectivity index (χ1n) is 6.65. The maximum atomic E-state index is 13.8. The molecular weight excluding hydrogens is 302 g/mol. The van der Waals surface area contributed by atoms with Crippen LogP contribution in [0.15, 0.2) is 18.2 Å². The molecule has 20 heavy (non-hydrogen) atoms. The summed E-state index contributed by atoms with van der Waals surface area (Å²) in [5.74, 6) is -0.322. The molecule has 1 aromatic carbocycles. The van der Waals surface area contributed by atoms with E-state index in [2.05, 4.69) is 4.90 Å². The molecule has 1 fully saturated rings. The zero-order valence-corrected chi connectivity index (χ0v) is 12.6. The molecule has 110 valence electrons. The highest BCUT2D eigenvalue weighted by molar-refractivity contribution is 6.33. The molecule has 1 saturated heterocycles. The third-order valence-electron chi connectivity index (χ3n) is 3.45. The average Bonchev–Trinajstić information content (AvgIpc) is 2.64. The molecule has 3 nitrogen and oxygen atoms in total. The highest BCUT2D eigenvalue weighted by atomic mass is 35.5. The molecule has 0 N–H and O–H groups in total. The Kier molecular flexibility index (Phi) is 5.64. The van der Waals surface area contributed by atoms with Gasteiger partial charge in [0.1, 0.15) is 5.82 Å².